The van der Waals surface area contributed by atoms with Crippen molar-refractivity contribution in [3.63, 3.8) is 0 Å². The van der Waals surface area contributed by atoms with Gasteiger partial charge in [-0.05, 0) is 36.4 Å². The number of rotatable bonds is 11. The van der Waals surface area contributed by atoms with E-state index < -0.39 is 22.9 Å². The molecule has 0 fully saturated rings. The third kappa shape index (κ3) is 6.45. The molecular formula is C21H24N4O8S. The first-order chi connectivity index (χ1) is 16.2. The van der Waals surface area contributed by atoms with E-state index in [0.717, 1.165) is 0 Å². The van der Waals surface area contributed by atoms with E-state index in [-0.39, 0.29) is 35.6 Å². The highest BCUT2D eigenvalue weighted by atomic mass is 32.2. The lowest BCUT2D eigenvalue weighted by Crippen LogP contribution is -2.24. The molecule has 13 heteroatoms. The van der Waals surface area contributed by atoms with Crippen molar-refractivity contribution in [3.05, 3.63) is 48.5 Å². The van der Waals surface area contributed by atoms with Gasteiger partial charge < -0.3 is 29.2 Å². The van der Waals surface area contributed by atoms with Crippen molar-refractivity contribution < 1.29 is 37.6 Å². The maximum Gasteiger partial charge on any atom is 0.297 e. The highest BCUT2D eigenvalue weighted by molar-refractivity contribution is 7.90. The third-order valence-corrected chi connectivity index (χ3v) is 4.80. The Bertz CT molecular complexity index is 1220. The number of anilines is 1. The van der Waals surface area contributed by atoms with Crippen molar-refractivity contribution in [2.75, 3.05) is 32.2 Å². The first kappa shape index (κ1) is 25.0. The van der Waals surface area contributed by atoms with Gasteiger partial charge in [-0.1, -0.05) is 12.1 Å². The largest absolute Gasteiger partial charge is 0.497 e. The van der Waals surface area contributed by atoms with Crippen LogP contribution in [0.1, 0.15) is 0 Å². The van der Waals surface area contributed by atoms with Crippen LogP contribution in [-0.4, -0.2) is 62.1 Å². The molecule has 0 spiro atoms. The number of hydrogen-bond acceptors (Lipinski definition) is 10. The topological polar surface area (TPSA) is 175 Å². The summed E-state index contributed by atoms with van der Waals surface area (Å²) in [7, 11) is -1.34. The van der Waals surface area contributed by atoms with E-state index >= 15 is 0 Å². The Hall–Kier alpha value is -3.65. The van der Waals surface area contributed by atoms with Crippen molar-refractivity contribution in [3.8, 4) is 40.3 Å². The molecule has 2 aromatic carbocycles. The van der Waals surface area contributed by atoms with Crippen LogP contribution < -0.4 is 28.8 Å². The predicted molar refractivity (Wildman–Crippen MR) is 122 cm³/mol. The summed E-state index contributed by atoms with van der Waals surface area (Å²) in [5, 5.41) is 24.1. The van der Waals surface area contributed by atoms with Gasteiger partial charge in [0.1, 0.15) is 18.5 Å². The second kappa shape index (κ2) is 11.0. The molecule has 182 valence electrons. The fraction of sp³-hybridized carbons (Fsp3) is 0.238. The summed E-state index contributed by atoms with van der Waals surface area (Å²) in [6.45, 7) is -0.936. The lowest BCUT2D eigenvalue weighted by atomic mass is 10.2. The number of aliphatic hydroxyl groups excluding tert-OH is 2. The van der Waals surface area contributed by atoms with Crippen LogP contribution in [0.4, 0.5) is 5.82 Å². The van der Waals surface area contributed by atoms with Gasteiger partial charge in [-0.15, -0.1) is 0 Å². The predicted octanol–water partition coefficient (Wildman–Crippen LogP) is 1.30. The van der Waals surface area contributed by atoms with Crippen LogP contribution in [0.5, 0.6) is 28.9 Å². The number of methoxy groups -OCH3 is 2. The van der Waals surface area contributed by atoms with Crippen molar-refractivity contribution in [2.24, 2.45) is 5.14 Å². The third-order valence-electron chi connectivity index (χ3n) is 4.33. The number of para-hydroxylation sites is 2. The number of ether oxygens (including phenoxy) is 4. The normalized spacial score (nSPS) is 12.0. The molecule has 3 aromatic rings. The van der Waals surface area contributed by atoms with Gasteiger partial charge in [0, 0.05) is 5.56 Å². The van der Waals surface area contributed by atoms with Gasteiger partial charge >= 0.3 is 0 Å². The Kier molecular flexibility index (Phi) is 8.07. The molecule has 12 nitrogen and oxygen atoms in total. The number of hydrogen-bond donors (Lipinski definition) is 4. The van der Waals surface area contributed by atoms with Crippen molar-refractivity contribution in [1.29, 1.82) is 0 Å². The van der Waals surface area contributed by atoms with Crippen LogP contribution in [-0.2, 0) is 10.2 Å². The standard InChI is InChI=1S/C21H24N4O8S/c1-30-15-9-7-13(8-10-15)19-23-20(25-34(22,28)29)18(21(24-19)32-12-14(27)11-26)33-17-6-4-3-5-16(17)31-2/h3-10,14,26-27H,11-12H2,1-2H3,(H2,22,28,29)(H,23,24,25)/t14-/m1/s1. The molecule has 0 aliphatic heterocycles. The molecule has 1 aromatic heterocycles. The Balaban J connectivity index is 2.17. The van der Waals surface area contributed by atoms with E-state index in [1.54, 1.807) is 48.5 Å². The van der Waals surface area contributed by atoms with Crippen LogP contribution in [0, 0.1) is 0 Å². The van der Waals surface area contributed by atoms with Gasteiger partial charge in [0.15, 0.2) is 23.1 Å². The van der Waals surface area contributed by atoms with Gasteiger partial charge in [-0.3, -0.25) is 4.72 Å². The second-order valence-corrected chi connectivity index (χ2v) is 8.10. The van der Waals surface area contributed by atoms with Gasteiger partial charge in [0.25, 0.3) is 16.1 Å². The molecule has 5 N–H and O–H groups in total. The zero-order valence-corrected chi connectivity index (χ0v) is 19.2. The van der Waals surface area contributed by atoms with E-state index in [1.807, 2.05) is 0 Å². The van der Waals surface area contributed by atoms with Crippen LogP contribution in [0.2, 0.25) is 0 Å². The number of nitrogens with one attached hydrogen (secondary N) is 1. The average molecular weight is 493 g/mol. The van der Waals surface area contributed by atoms with Gasteiger partial charge in [-0.2, -0.15) is 13.4 Å². The highest BCUT2D eigenvalue weighted by Gasteiger charge is 2.23. The van der Waals surface area contributed by atoms with Crippen LogP contribution in [0.3, 0.4) is 0 Å². The maximum atomic E-state index is 11.9. The quantitative estimate of drug-likeness (QED) is 0.305. The van der Waals surface area contributed by atoms with Gasteiger partial charge in [0.05, 0.1) is 20.8 Å². The molecule has 3 rings (SSSR count). The van der Waals surface area contributed by atoms with E-state index in [4.69, 9.17) is 29.2 Å². The molecule has 0 unspecified atom stereocenters. The summed E-state index contributed by atoms with van der Waals surface area (Å²) >= 11 is 0. The first-order valence-electron chi connectivity index (χ1n) is 9.83. The molecule has 0 saturated heterocycles. The lowest BCUT2D eigenvalue weighted by Gasteiger charge is -2.18. The summed E-state index contributed by atoms with van der Waals surface area (Å²) < 4.78 is 47.7. The summed E-state index contributed by atoms with van der Waals surface area (Å²) in [6, 6.07) is 13.2. The minimum atomic E-state index is -4.29. The number of benzene rings is 2. The maximum absolute atomic E-state index is 11.9. The van der Waals surface area contributed by atoms with Crippen molar-refractivity contribution >= 4 is 16.0 Å². The van der Waals surface area contributed by atoms with Crippen LogP contribution in [0.25, 0.3) is 11.4 Å². The molecule has 34 heavy (non-hydrogen) atoms. The Morgan fingerprint density at radius 3 is 2.29 bits per heavy atom. The van der Waals surface area contributed by atoms with E-state index in [1.165, 1.54) is 14.2 Å². The van der Waals surface area contributed by atoms with E-state index in [9.17, 15) is 13.5 Å². The zero-order chi connectivity index (χ0) is 24.7. The smallest absolute Gasteiger partial charge is 0.297 e. The van der Waals surface area contributed by atoms with Crippen LogP contribution >= 0.6 is 0 Å². The molecule has 0 bridgehead atoms. The number of aromatic nitrogens is 2. The molecular weight excluding hydrogens is 468 g/mol. The van der Waals surface area contributed by atoms with E-state index in [0.29, 0.717) is 17.1 Å². The molecule has 1 atom stereocenters. The Morgan fingerprint density at radius 1 is 1.03 bits per heavy atom. The number of aliphatic hydroxyl groups is 2. The number of nitrogens with two attached hydrogens (primary N) is 1. The second-order valence-electron chi connectivity index (χ2n) is 6.81. The fourth-order valence-electron chi connectivity index (χ4n) is 2.73. The minimum absolute atomic E-state index is 0.0645. The molecule has 0 radical (unpaired) electrons. The lowest BCUT2D eigenvalue weighted by molar-refractivity contribution is 0.0513. The summed E-state index contributed by atoms with van der Waals surface area (Å²) in [5.41, 5.74) is 0.495. The monoisotopic (exact) mass is 492 g/mol. The SMILES string of the molecule is COc1ccc(-c2nc(NS(N)(=O)=O)c(Oc3ccccc3OC)c(OC[C@H](O)CO)n2)cc1. The molecule has 0 amide bonds. The van der Waals surface area contributed by atoms with Gasteiger partial charge in [0.2, 0.25) is 5.75 Å². The van der Waals surface area contributed by atoms with Crippen LogP contribution in [0.15, 0.2) is 48.5 Å². The van der Waals surface area contributed by atoms with Gasteiger partial charge in [-0.25, -0.2) is 10.1 Å². The molecule has 0 aliphatic carbocycles. The Labute approximate surface area is 196 Å². The minimum Gasteiger partial charge on any atom is -0.497 e. The van der Waals surface area contributed by atoms with Crippen molar-refractivity contribution in [2.45, 2.75) is 6.10 Å². The summed E-state index contributed by atoms with van der Waals surface area (Å²) in [4.78, 5) is 8.60. The van der Waals surface area contributed by atoms with Crippen molar-refractivity contribution in [1.82, 2.24) is 9.97 Å². The average Bonchev–Trinajstić information content (AvgIpc) is 2.83. The summed E-state index contributed by atoms with van der Waals surface area (Å²) in [6.07, 6.45) is -1.23. The first-order valence-corrected chi connectivity index (χ1v) is 11.4. The zero-order valence-electron chi connectivity index (χ0n) is 18.3. The molecule has 1 heterocycles. The molecule has 0 saturated carbocycles. The fourth-order valence-corrected chi connectivity index (χ4v) is 3.14. The number of nitrogens with zero attached hydrogens (tertiary/aromatic N) is 2. The highest BCUT2D eigenvalue weighted by Crippen LogP contribution is 2.41. The Morgan fingerprint density at radius 2 is 1.71 bits per heavy atom. The molecule has 0 aliphatic rings. The van der Waals surface area contributed by atoms with E-state index in [2.05, 4.69) is 14.7 Å². The summed E-state index contributed by atoms with van der Waals surface area (Å²) in [5.74, 6) is 0.425.